The van der Waals surface area contributed by atoms with Crippen LogP contribution in [0.3, 0.4) is 0 Å². The molecule has 1 amide bonds. The molecule has 1 aliphatic rings. The van der Waals surface area contributed by atoms with Crippen molar-refractivity contribution in [3.63, 3.8) is 0 Å². The largest absolute Gasteiger partial charge is 0.466 e. The van der Waals surface area contributed by atoms with Crippen molar-refractivity contribution in [3.8, 4) is 0 Å². The van der Waals surface area contributed by atoms with Gasteiger partial charge >= 0.3 is 0 Å². The van der Waals surface area contributed by atoms with Gasteiger partial charge in [-0.25, -0.2) is 4.39 Å². The van der Waals surface area contributed by atoms with Gasteiger partial charge in [-0.1, -0.05) is 26.8 Å². The monoisotopic (exact) mass is 455 g/mol. The smallest absolute Gasteiger partial charge is 0.254 e. The molecular weight excluding hydrogens is 425 g/mol. The van der Waals surface area contributed by atoms with Crippen molar-refractivity contribution in [3.05, 3.63) is 72.7 Å². The summed E-state index contributed by atoms with van der Waals surface area (Å²) in [4.78, 5) is 34.8. The number of carbonyl (C=O) groups is 1. The average molecular weight is 456 g/mol. The average Bonchev–Trinajstić information content (AvgIpc) is 3.18. The predicted molar refractivity (Wildman–Crippen MR) is 128 cm³/mol. The highest BCUT2D eigenvalue weighted by molar-refractivity contribution is 6.05. The van der Waals surface area contributed by atoms with Crippen LogP contribution in [0.4, 0.5) is 21.5 Å². The lowest BCUT2D eigenvalue weighted by Crippen LogP contribution is -2.36. The maximum absolute atomic E-state index is 14.0. The van der Waals surface area contributed by atoms with Gasteiger partial charge in [0.1, 0.15) is 28.7 Å². The number of anilines is 3. The van der Waals surface area contributed by atoms with E-state index >= 15 is 0 Å². The maximum Gasteiger partial charge on any atom is 0.254 e. The fourth-order valence-corrected chi connectivity index (χ4v) is 3.80. The number of aryl methyl sites for hydroxylation is 2. The minimum Gasteiger partial charge on any atom is -0.466 e. The van der Waals surface area contributed by atoms with E-state index in [1.54, 1.807) is 6.92 Å². The standard InChI is InChI=1S/C14H12FN3O3.C11H18O/c1-5-6-3-4-7(15)9(8(6)14(21)17-5)18-11-10(16-2)12(19)13(11)20;1-8-6-10(12-9(8)2)7-11(3,4)5/h3-5,16,18H,1-2H3,(H,17,21);6H,7H2,1-5H3. The van der Waals surface area contributed by atoms with Crippen LogP contribution in [0.25, 0.3) is 0 Å². The zero-order valence-corrected chi connectivity index (χ0v) is 20.0. The molecule has 33 heavy (non-hydrogen) atoms. The second-order valence-electron chi connectivity index (χ2n) is 9.55. The van der Waals surface area contributed by atoms with Crippen LogP contribution in [0, 0.1) is 25.1 Å². The summed E-state index contributed by atoms with van der Waals surface area (Å²) >= 11 is 0. The van der Waals surface area contributed by atoms with Crippen molar-refractivity contribution in [2.75, 3.05) is 17.7 Å². The summed E-state index contributed by atoms with van der Waals surface area (Å²) in [7, 11) is 1.49. The molecule has 2 heterocycles. The third-order valence-electron chi connectivity index (χ3n) is 5.56. The van der Waals surface area contributed by atoms with Gasteiger partial charge < -0.3 is 20.4 Å². The molecule has 0 saturated heterocycles. The Morgan fingerprint density at radius 3 is 2.24 bits per heavy atom. The highest BCUT2D eigenvalue weighted by atomic mass is 19.1. The Hall–Kier alpha value is -3.42. The van der Waals surface area contributed by atoms with Crippen LogP contribution in [0.1, 0.15) is 66.7 Å². The summed E-state index contributed by atoms with van der Waals surface area (Å²) in [5.41, 5.74) is 0.967. The van der Waals surface area contributed by atoms with E-state index in [-0.39, 0.29) is 28.7 Å². The Morgan fingerprint density at radius 2 is 1.70 bits per heavy atom. The normalized spacial score (nSPS) is 15.0. The van der Waals surface area contributed by atoms with E-state index in [0.717, 1.165) is 17.9 Å². The van der Waals surface area contributed by atoms with Crippen LogP contribution in [0.5, 0.6) is 0 Å². The Kier molecular flexibility index (Phi) is 6.49. The van der Waals surface area contributed by atoms with E-state index in [4.69, 9.17) is 4.42 Å². The number of rotatable bonds is 4. The lowest BCUT2D eigenvalue weighted by atomic mass is 9.91. The van der Waals surface area contributed by atoms with Gasteiger partial charge in [0.25, 0.3) is 16.8 Å². The third-order valence-corrected chi connectivity index (χ3v) is 5.56. The van der Waals surface area contributed by atoms with Crippen LogP contribution < -0.4 is 26.8 Å². The summed E-state index contributed by atoms with van der Waals surface area (Å²) in [5, 5.41) is 7.85. The molecule has 0 aliphatic carbocycles. The highest BCUT2D eigenvalue weighted by Crippen LogP contribution is 2.35. The number of amides is 1. The zero-order chi connectivity index (χ0) is 24.7. The SMILES string of the molecule is CNc1c(Nc2c(F)ccc3c2C(=O)NC3C)c(=O)c1=O.Cc1cc(CC(C)(C)C)oc1C. The van der Waals surface area contributed by atoms with E-state index in [1.807, 2.05) is 6.92 Å². The van der Waals surface area contributed by atoms with E-state index < -0.39 is 22.6 Å². The molecule has 0 spiro atoms. The minimum atomic E-state index is -0.734. The lowest BCUT2D eigenvalue weighted by Gasteiger charge is -2.15. The summed E-state index contributed by atoms with van der Waals surface area (Å²) in [6.45, 7) is 12.6. The van der Waals surface area contributed by atoms with Crippen LogP contribution >= 0.6 is 0 Å². The van der Waals surface area contributed by atoms with E-state index in [9.17, 15) is 18.8 Å². The quantitative estimate of drug-likeness (QED) is 0.501. The lowest BCUT2D eigenvalue weighted by molar-refractivity contribution is 0.0959. The van der Waals surface area contributed by atoms with Crippen LogP contribution in [0.2, 0.25) is 0 Å². The molecule has 7 nitrogen and oxygen atoms in total. The highest BCUT2D eigenvalue weighted by Gasteiger charge is 2.31. The van der Waals surface area contributed by atoms with Gasteiger partial charge in [-0.15, -0.1) is 0 Å². The summed E-state index contributed by atoms with van der Waals surface area (Å²) < 4.78 is 19.6. The second-order valence-corrected chi connectivity index (χ2v) is 9.55. The molecule has 1 aromatic heterocycles. The fraction of sp³-hybridized carbons (Fsp3) is 0.400. The molecule has 3 aromatic rings. The van der Waals surface area contributed by atoms with Gasteiger partial charge in [-0.3, -0.25) is 14.4 Å². The first-order chi connectivity index (χ1) is 15.3. The molecule has 1 aliphatic heterocycles. The molecule has 1 atom stereocenters. The number of halogens is 1. The van der Waals surface area contributed by atoms with Crippen molar-refractivity contribution in [2.24, 2.45) is 5.41 Å². The van der Waals surface area contributed by atoms with E-state index in [2.05, 4.69) is 49.7 Å². The van der Waals surface area contributed by atoms with Gasteiger partial charge in [0.15, 0.2) is 0 Å². The molecule has 2 aromatic carbocycles. The van der Waals surface area contributed by atoms with Gasteiger partial charge in [-0.05, 0) is 49.4 Å². The predicted octanol–water partition coefficient (Wildman–Crippen LogP) is 4.50. The number of furan rings is 1. The molecule has 8 heteroatoms. The first kappa shape index (κ1) is 24.2. The molecule has 0 saturated carbocycles. The van der Waals surface area contributed by atoms with Gasteiger partial charge in [0.2, 0.25) is 0 Å². The Morgan fingerprint density at radius 1 is 1.06 bits per heavy atom. The van der Waals surface area contributed by atoms with Crippen LogP contribution in [-0.4, -0.2) is 13.0 Å². The van der Waals surface area contributed by atoms with Crippen molar-refractivity contribution in [1.82, 2.24) is 5.32 Å². The van der Waals surface area contributed by atoms with Crippen LogP contribution in [-0.2, 0) is 6.42 Å². The van der Waals surface area contributed by atoms with Gasteiger partial charge in [-0.2, -0.15) is 0 Å². The molecule has 1 unspecified atom stereocenters. The van der Waals surface area contributed by atoms with Crippen molar-refractivity contribution in [1.29, 1.82) is 0 Å². The molecule has 4 rings (SSSR count). The van der Waals surface area contributed by atoms with Crippen molar-refractivity contribution >= 4 is 23.0 Å². The van der Waals surface area contributed by atoms with Crippen molar-refractivity contribution < 1.29 is 13.6 Å². The minimum absolute atomic E-state index is 0.0258. The van der Waals surface area contributed by atoms with Gasteiger partial charge in [0.05, 0.1) is 17.3 Å². The number of benzene rings is 1. The Balaban J connectivity index is 0.000000218. The fourth-order valence-electron chi connectivity index (χ4n) is 3.80. The second kappa shape index (κ2) is 8.84. The number of hydrogen-bond donors (Lipinski definition) is 3. The van der Waals surface area contributed by atoms with E-state index in [0.29, 0.717) is 11.0 Å². The number of fused-ring (bicyclic) bond motifs is 1. The molecule has 0 fully saturated rings. The topological polar surface area (TPSA) is 100 Å². The Labute approximate surface area is 192 Å². The Bertz CT molecular complexity index is 1260. The van der Waals surface area contributed by atoms with Crippen LogP contribution in [0.15, 0.2) is 32.2 Å². The number of carbonyl (C=O) groups excluding carboxylic acids is 1. The first-order valence-electron chi connectivity index (χ1n) is 10.8. The number of nitrogens with one attached hydrogen (secondary N) is 3. The molecule has 3 N–H and O–H groups in total. The molecular formula is C25H30FN3O4. The summed E-state index contributed by atoms with van der Waals surface area (Å²) in [6, 6.07) is 4.66. The molecule has 0 radical (unpaired) electrons. The summed E-state index contributed by atoms with van der Waals surface area (Å²) in [6.07, 6.45) is 1.02. The maximum atomic E-state index is 14.0. The van der Waals surface area contributed by atoms with Gasteiger partial charge in [0, 0.05) is 13.5 Å². The third kappa shape index (κ3) is 4.84. The molecule has 0 bridgehead atoms. The summed E-state index contributed by atoms with van der Waals surface area (Å²) in [5.74, 6) is 1.09. The van der Waals surface area contributed by atoms with Crippen molar-refractivity contribution in [2.45, 2.75) is 54.0 Å². The van der Waals surface area contributed by atoms with E-state index in [1.165, 1.54) is 24.7 Å². The number of hydrogen-bond acceptors (Lipinski definition) is 6. The zero-order valence-electron chi connectivity index (χ0n) is 20.0. The first-order valence-corrected chi connectivity index (χ1v) is 10.8. The molecule has 176 valence electrons.